The van der Waals surface area contributed by atoms with Crippen LogP contribution >= 0.6 is 0 Å². The second-order valence-corrected chi connectivity index (χ2v) is 4.20. The number of aliphatic hydroxyl groups is 1. The number of rotatable bonds is 5. The number of benzene rings is 1. The molecule has 106 valence electrons. The third kappa shape index (κ3) is 2.43. The number of nitrogens with zero attached hydrogens (tertiary/aromatic N) is 2. The molecule has 0 saturated carbocycles. The first-order valence-corrected chi connectivity index (χ1v) is 6.09. The molecule has 2 aromatic rings. The number of hydrogen-bond donors (Lipinski definition) is 2. The van der Waals surface area contributed by atoms with E-state index in [4.69, 9.17) is 15.2 Å². The van der Waals surface area contributed by atoms with Crippen LogP contribution in [0, 0.1) is 0 Å². The molecule has 1 atom stereocenters. The van der Waals surface area contributed by atoms with Gasteiger partial charge in [0.05, 0.1) is 20.4 Å². The number of methoxy groups -OCH3 is 2. The summed E-state index contributed by atoms with van der Waals surface area (Å²) < 4.78 is 10.2. The summed E-state index contributed by atoms with van der Waals surface area (Å²) in [7, 11) is 2.93. The minimum absolute atomic E-state index is 0.0472. The molecule has 1 unspecified atom stereocenters. The van der Waals surface area contributed by atoms with Crippen LogP contribution in [0.2, 0.25) is 0 Å². The molecule has 6 heteroatoms. The molecule has 20 heavy (non-hydrogen) atoms. The molecule has 0 aliphatic heterocycles. The Hall–Kier alpha value is -2.18. The van der Waals surface area contributed by atoms with Gasteiger partial charge < -0.3 is 20.3 Å². The monoisotopic (exact) mass is 275 g/mol. The van der Waals surface area contributed by atoms with Gasteiger partial charge in [-0.2, -0.15) is 4.98 Å². The predicted octanol–water partition coefficient (Wildman–Crippen LogP) is 0.688. The van der Waals surface area contributed by atoms with Crippen molar-refractivity contribution in [3.63, 3.8) is 0 Å². The Bertz CT molecular complexity index is 577. The van der Waals surface area contributed by atoms with E-state index in [1.54, 1.807) is 12.1 Å². The number of hydrogen-bond acceptors (Lipinski definition) is 6. The molecular weight excluding hydrogens is 258 g/mol. The van der Waals surface area contributed by atoms with E-state index in [0.717, 1.165) is 0 Å². The molecule has 6 nitrogen and oxygen atoms in total. The Labute approximate surface area is 117 Å². The number of ether oxygens (including phenoxy) is 2. The van der Waals surface area contributed by atoms with Crippen LogP contribution in [-0.4, -0.2) is 35.8 Å². The standard InChI is InChI=1S/C14H17N3O3/c1-19-11-8-16-12(13(17-11)20-2)14(18,9-15)10-6-4-3-5-7-10/h3-8,18H,9,15H2,1-2H3. The molecule has 0 aliphatic carbocycles. The number of aromatic nitrogens is 2. The fourth-order valence-electron chi connectivity index (χ4n) is 1.95. The van der Waals surface area contributed by atoms with E-state index >= 15 is 0 Å². The Kier molecular flexibility index (Phi) is 4.16. The molecule has 0 spiro atoms. The van der Waals surface area contributed by atoms with Gasteiger partial charge in [0.2, 0.25) is 11.8 Å². The summed E-state index contributed by atoms with van der Waals surface area (Å²) in [6, 6.07) is 9.05. The molecule has 0 aliphatic rings. The molecule has 0 saturated heterocycles. The van der Waals surface area contributed by atoms with Crippen molar-refractivity contribution >= 4 is 0 Å². The van der Waals surface area contributed by atoms with Crippen LogP contribution in [0.15, 0.2) is 36.5 Å². The quantitative estimate of drug-likeness (QED) is 0.834. The molecule has 2 rings (SSSR count). The van der Waals surface area contributed by atoms with Gasteiger partial charge >= 0.3 is 0 Å². The lowest BCUT2D eigenvalue weighted by molar-refractivity contribution is 0.0811. The maximum absolute atomic E-state index is 10.9. The van der Waals surface area contributed by atoms with Gasteiger partial charge in [-0.1, -0.05) is 30.3 Å². The smallest absolute Gasteiger partial charge is 0.242 e. The second kappa shape index (κ2) is 5.85. The van der Waals surface area contributed by atoms with Crippen molar-refractivity contribution < 1.29 is 14.6 Å². The Morgan fingerprint density at radius 1 is 1.20 bits per heavy atom. The summed E-state index contributed by atoms with van der Waals surface area (Å²) >= 11 is 0. The highest BCUT2D eigenvalue weighted by Gasteiger charge is 2.35. The highest BCUT2D eigenvalue weighted by molar-refractivity contribution is 5.38. The SMILES string of the molecule is COc1cnc(C(O)(CN)c2ccccc2)c(OC)n1. The molecule has 0 radical (unpaired) electrons. The second-order valence-electron chi connectivity index (χ2n) is 4.20. The van der Waals surface area contributed by atoms with Crippen LogP contribution in [0.25, 0.3) is 0 Å². The summed E-state index contributed by atoms with van der Waals surface area (Å²) in [4.78, 5) is 8.32. The van der Waals surface area contributed by atoms with Gasteiger partial charge in [0.1, 0.15) is 11.3 Å². The maximum atomic E-state index is 10.9. The van der Waals surface area contributed by atoms with Crippen molar-refractivity contribution in [2.75, 3.05) is 20.8 Å². The summed E-state index contributed by atoms with van der Waals surface area (Å²) in [5.41, 5.74) is 5.18. The maximum Gasteiger partial charge on any atom is 0.242 e. The topological polar surface area (TPSA) is 90.5 Å². The van der Waals surface area contributed by atoms with E-state index in [1.165, 1.54) is 20.4 Å². The van der Waals surface area contributed by atoms with Gasteiger partial charge in [-0.15, -0.1) is 0 Å². The van der Waals surface area contributed by atoms with E-state index in [1.807, 2.05) is 18.2 Å². The first kappa shape index (κ1) is 14.2. The van der Waals surface area contributed by atoms with Crippen molar-refractivity contribution in [3.05, 3.63) is 47.8 Å². The lowest BCUT2D eigenvalue weighted by Gasteiger charge is -2.27. The highest BCUT2D eigenvalue weighted by Crippen LogP contribution is 2.33. The normalized spacial score (nSPS) is 13.6. The van der Waals surface area contributed by atoms with Crippen LogP contribution in [0.1, 0.15) is 11.3 Å². The Morgan fingerprint density at radius 3 is 2.45 bits per heavy atom. The predicted molar refractivity (Wildman–Crippen MR) is 73.6 cm³/mol. The summed E-state index contributed by atoms with van der Waals surface area (Å²) in [6.45, 7) is -0.0472. The third-order valence-corrected chi connectivity index (χ3v) is 3.06. The molecule has 1 aromatic carbocycles. The van der Waals surface area contributed by atoms with Gasteiger partial charge in [0.15, 0.2) is 0 Å². The molecule has 0 bridgehead atoms. The van der Waals surface area contributed by atoms with Crippen LogP contribution < -0.4 is 15.2 Å². The summed E-state index contributed by atoms with van der Waals surface area (Å²) in [6.07, 6.45) is 1.42. The van der Waals surface area contributed by atoms with Crippen LogP contribution in [0.3, 0.4) is 0 Å². The molecule has 1 heterocycles. The lowest BCUT2D eigenvalue weighted by atomic mass is 9.90. The zero-order valence-electron chi connectivity index (χ0n) is 11.4. The molecular formula is C14H17N3O3. The van der Waals surface area contributed by atoms with Crippen molar-refractivity contribution in [2.45, 2.75) is 5.60 Å². The molecule has 3 N–H and O–H groups in total. The van der Waals surface area contributed by atoms with Gasteiger partial charge in [-0.3, -0.25) is 0 Å². The Balaban J connectivity index is 2.57. The van der Waals surface area contributed by atoms with Crippen LogP contribution in [0.4, 0.5) is 0 Å². The van der Waals surface area contributed by atoms with Gasteiger partial charge in [0, 0.05) is 6.54 Å². The third-order valence-electron chi connectivity index (χ3n) is 3.06. The largest absolute Gasteiger partial charge is 0.480 e. The minimum Gasteiger partial charge on any atom is -0.480 e. The van der Waals surface area contributed by atoms with Crippen LogP contribution in [0.5, 0.6) is 11.8 Å². The first-order valence-electron chi connectivity index (χ1n) is 6.09. The molecule has 1 aromatic heterocycles. The highest BCUT2D eigenvalue weighted by atomic mass is 16.5. The van der Waals surface area contributed by atoms with Crippen molar-refractivity contribution in [1.29, 1.82) is 0 Å². The average Bonchev–Trinajstić information content (AvgIpc) is 2.54. The number of nitrogens with two attached hydrogens (primary N) is 1. The molecule has 0 amide bonds. The van der Waals surface area contributed by atoms with Crippen molar-refractivity contribution in [1.82, 2.24) is 9.97 Å². The van der Waals surface area contributed by atoms with E-state index in [9.17, 15) is 5.11 Å². The first-order chi connectivity index (χ1) is 9.65. The van der Waals surface area contributed by atoms with Crippen LogP contribution in [-0.2, 0) is 5.60 Å². The molecule has 0 fully saturated rings. The van der Waals surface area contributed by atoms with E-state index in [0.29, 0.717) is 11.4 Å². The minimum atomic E-state index is -1.47. The van der Waals surface area contributed by atoms with Crippen molar-refractivity contribution in [3.8, 4) is 11.8 Å². The fraction of sp³-hybridized carbons (Fsp3) is 0.286. The van der Waals surface area contributed by atoms with Crippen molar-refractivity contribution in [2.24, 2.45) is 5.73 Å². The van der Waals surface area contributed by atoms with E-state index in [-0.39, 0.29) is 18.1 Å². The zero-order valence-corrected chi connectivity index (χ0v) is 11.4. The average molecular weight is 275 g/mol. The van der Waals surface area contributed by atoms with Gasteiger partial charge in [-0.25, -0.2) is 4.98 Å². The zero-order chi connectivity index (χ0) is 14.6. The van der Waals surface area contributed by atoms with E-state index in [2.05, 4.69) is 9.97 Å². The Morgan fingerprint density at radius 2 is 1.90 bits per heavy atom. The summed E-state index contributed by atoms with van der Waals surface area (Å²) in [5, 5.41) is 10.9. The summed E-state index contributed by atoms with van der Waals surface area (Å²) in [5.74, 6) is 0.485. The van der Waals surface area contributed by atoms with Gasteiger partial charge in [0.25, 0.3) is 0 Å². The lowest BCUT2D eigenvalue weighted by Crippen LogP contribution is -2.37. The van der Waals surface area contributed by atoms with Gasteiger partial charge in [-0.05, 0) is 5.56 Å². The fourth-order valence-corrected chi connectivity index (χ4v) is 1.95. The van der Waals surface area contributed by atoms with E-state index < -0.39 is 5.60 Å².